The second kappa shape index (κ2) is 5.34. The lowest BCUT2D eigenvalue weighted by Crippen LogP contribution is -1.99. The molecule has 0 radical (unpaired) electrons. The van der Waals surface area contributed by atoms with Gasteiger partial charge in [0, 0.05) is 0 Å². The number of hydrogen-bond acceptors (Lipinski definition) is 0. The molecule has 0 heteroatoms. The van der Waals surface area contributed by atoms with Crippen LogP contribution < -0.4 is 0 Å². The molecule has 0 amide bonds. The summed E-state index contributed by atoms with van der Waals surface area (Å²) < 4.78 is 0. The first-order valence-corrected chi connectivity index (χ1v) is 6.11. The minimum atomic E-state index is 0.852. The fourth-order valence-electron chi connectivity index (χ4n) is 1.99. The Morgan fingerprint density at radius 2 is 1.80 bits per heavy atom. The van der Waals surface area contributed by atoms with Crippen LogP contribution in [0.25, 0.3) is 0 Å². The van der Waals surface area contributed by atoms with Crippen molar-refractivity contribution in [2.45, 2.75) is 53.9 Å². The normalized spacial score (nSPS) is 12.9. The lowest BCUT2D eigenvalue weighted by Gasteiger charge is -2.13. The zero-order valence-electron chi connectivity index (χ0n) is 10.9. The highest BCUT2D eigenvalue weighted by Crippen LogP contribution is 2.19. The summed E-state index contributed by atoms with van der Waals surface area (Å²) in [5.74, 6) is 0.852. The minimum absolute atomic E-state index is 0.852. The van der Waals surface area contributed by atoms with E-state index in [-0.39, 0.29) is 0 Å². The Morgan fingerprint density at radius 3 is 2.40 bits per heavy atom. The fourth-order valence-corrected chi connectivity index (χ4v) is 1.99. The number of hydrogen-bond donors (Lipinski definition) is 0. The predicted octanol–water partition coefficient (Wildman–Crippen LogP) is 4.59. The van der Waals surface area contributed by atoms with Gasteiger partial charge in [-0.05, 0) is 56.2 Å². The molecule has 1 rings (SSSR count). The van der Waals surface area contributed by atoms with E-state index in [0.29, 0.717) is 0 Å². The molecule has 0 aliphatic carbocycles. The van der Waals surface area contributed by atoms with Gasteiger partial charge in [0.1, 0.15) is 0 Å². The molecule has 0 saturated carbocycles. The Hall–Kier alpha value is -0.780. The van der Waals surface area contributed by atoms with Gasteiger partial charge in [-0.3, -0.25) is 0 Å². The van der Waals surface area contributed by atoms with Gasteiger partial charge in [-0.15, -0.1) is 0 Å². The summed E-state index contributed by atoms with van der Waals surface area (Å²) in [4.78, 5) is 0. The van der Waals surface area contributed by atoms with Crippen LogP contribution in [0.2, 0.25) is 0 Å². The van der Waals surface area contributed by atoms with Crippen molar-refractivity contribution in [3.63, 3.8) is 0 Å². The number of aryl methyl sites for hydroxylation is 3. The second-order valence-corrected chi connectivity index (χ2v) is 4.92. The molecular weight excluding hydrogens is 180 g/mol. The zero-order chi connectivity index (χ0) is 11.4. The van der Waals surface area contributed by atoms with Crippen LogP contribution in [0.1, 0.15) is 48.9 Å². The summed E-state index contributed by atoms with van der Waals surface area (Å²) in [6.45, 7) is 11.3. The van der Waals surface area contributed by atoms with Gasteiger partial charge in [-0.2, -0.15) is 0 Å². The highest BCUT2D eigenvalue weighted by Gasteiger charge is 2.05. The van der Waals surface area contributed by atoms with Crippen molar-refractivity contribution in [3.05, 3.63) is 34.4 Å². The molecule has 0 heterocycles. The highest BCUT2D eigenvalue weighted by molar-refractivity contribution is 5.37. The Morgan fingerprint density at radius 1 is 1.13 bits per heavy atom. The molecule has 84 valence electrons. The maximum atomic E-state index is 2.35. The molecule has 0 aromatic heterocycles. The van der Waals surface area contributed by atoms with Crippen LogP contribution in [0.3, 0.4) is 0 Å². The summed E-state index contributed by atoms with van der Waals surface area (Å²) in [6.07, 6.45) is 3.85. The van der Waals surface area contributed by atoms with Crippen LogP contribution in [0, 0.1) is 26.7 Å². The molecule has 0 spiro atoms. The quantitative estimate of drug-likeness (QED) is 0.673. The van der Waals surface area contributed by atoms with Gasteiger partial charge in [0.25, 0.3) is 0 Å². The first-order valence-electron chi connectivity index (χ1n) is 6.11. The van der Waals surface area contributed by atoms with Crippen molar-refractivity contribution in [3.8, 4) is 0 Å². The van der Waals surface area contributed by atoms with Gasteiger partial charge >= 0.3 is 0 Å². The standard InChI is InChI=1S/C15H24/c1-6-11(2)7-8-15-10-12(3)9-13(4)14(15)5/h9-11H,6-8H2,1-5H3. The number of rotatable bonds is 4. The van der Waals surface area contributed by atoms with Crippen molar-refractivity contribution in [2.24, 2.45) is 5.92 Å². The molecule has 0 nitrogen and oxygen atoms in total. The third-order valence-corrected chi connectivity index (χ3v) is 3.52. The molecule has 1 aromatic rings. The Labute approximate surface area is 94.7 Å². The second-order valence-electron chi connectivity index (χ2n) is 4.92. The minimum Gasteiger partial charge on any atom is -0.0651 e. The van der Waals surface area contributed by atoms with E-state index >= 15 is 0 Å². The van der Waals surface area contributed by atoms with Gasteiger partial charge in [-0.25, -0.2) is 0 Å². The van der Waals surface area contributed by atoms with Gasteiger partial charge in [-0.1, -0.05) is 38.0 Å². The van der Waals surface area contributed by atoms with E-state index in [9.17, 15) is 0 Å². The molecule has 0 N–H and O–H groups in total. The summed E-state index contributed by atoms with van der Waals surface area (Å²) in [5.41, 5.74) is 5.88. The van der Waals surface area contributed by atoms with E-state index in [1.165, 1.54) is 36.0 Å². The highest BCUT2D eigenvalue weighted by atomic mass is 14.1. The third kappa shape index (κ3) is 3.37. The van der Waals surface area contributed by atoms with Crippen LogP contribution in [0.4, 0.5) is 0 Å². The van der Waals surface area contributed by atoms with Crippen LogP contribution in [0.15, 0.2) is 12.1 Å². The molecule has 15 heavy (non-hydrogen) atoms. The smallest absolute Gasteiger partial charge is 0.0274 e. The van der Waals surface area contributed by atoms with E-state index in [0.717, 1.165) is 5.92 Å². The number of benzene rings is 1. The maximum Gasteiger partial charge on any atom is -0.0274 e. The van der Waals surface area contributed by atoms with E-state index < -0.39 is 0 Å². The average Bonchev–Trinajstić information content (AvgIpc) is 2.20. The van der Waals surface area contributed by atoms with Crippen LogP contribution in [0.5, 0.6) is 0 Å². The molecule has 0 fully saturated rings. The van der Waals surface area contributed by atoms with Crippen molar-refractivity contribution in [1.29, 1.82) is 0 Å². The SMILES string of the molecule is CCC(C)CCc1cc(C)cc(C)c1C. The summed E-state index contributed by atoms with van der Waals surface area (Å²) >= 11 is 0. The average molecular weight is 204 g/mol. The lowest BCUT2D eigenvalue weighted by molar-refractivity contribution is 0.516. The fraction of sp³-hybridized carbons (Fsp3) is 0.600. The molecule has 0 aliphatic heterocycles. The molecule has 0 aliphatic rings. The topological polar surface area (TPSA) is 0 Å². The van der Waals surface area contributed by atoms with Crippen LogP contribution in [-0.4, -0.2) is 0 Å². The molecular formula is C15H24. The molecule has 1 atom stereocenters. The maximum absolute atomic E-state index is 2.35. The van der Waals surface area contributed by atoms with Gasteiger partial charge in [0.05, 0.1) is 0 Å². The van der Waals surface area contributed by atoms with Crippen LogP contribution in [-0.2, 0) is 6.42 Å². The summed E-state index contributed by atoms with van der Waals surface area (Å²) in [6, 6.07) is 4.63. The summed E-state index contributed by atoms with van der Waals surface area (Å²) in [7, 11) is 0. The first-order chi connectivity index (χ1) is 7.04. The molecule has 1 unspecified atom stereocenters. The van der Waals surface area contributed by atoms with Crippen molar-refractivity contribution in [2.75, 3.05) is 0 Å². The van der Waals surface area contributed by atoms with E-state index in [1.54, 1.807) is 5.56 Å². The van der Waals surface area contributed by atoms with E-state index in [1.807, 2.05) is 0 Å². The molecule has 0 bridgehead atoms. The lowest BCUT2D eigenvalue weighted by atomic mass is 9.93. The van der Waals surface area contributed by atoms with Gasteiger partial charge in [0.15, 0.2) is 0 Å². The van der Waals surface area contributed by atoms with Crippen molar-refractivity contribution < 1.29 is 0 Å². The van der Waals surface area contributed by atoms with Gasteiger partial charge in [0.2, 0.25) is 0 Å². The predicted molar refractivity (Wildman–Crippen MR) is 68.4 cm³/mol. The Kier molecular flexibility index (Phi) is 4.38. The Balaban J connectivity index is 2.76. The van der Waals surface area contributed by atoms with E-state index in [4.69, 9.17) is 0 Å². The Bertz CT molecular complexity index is 323. The molecule has 1 aromatic carbocycles. The monoisotopic (exact) mass is 204 g/mol. The van der Waals surface area contributed by atoms with Crippen molar-refractivity contribution >= 4 is 0 Å². The van der Waals surface area contributed by atoms with E-state index in [2.05, 4.69) is 46.8 Å². The molecule has 0 saturated heterocycles. The summed E-state index contributed by atoms with van der Waals surface area (Å²) in [5, 5.41) is 0. The van der Waals surface area contributed by atoms with Crippen LogP contribution >= 0.6 is 0 Å². The third-order valence-electron chi connectivity index (χ3n) is 3.52. The first kappa shape index (κ1) is 12.3. The zero-order valence-corrected chi connectivity index (χ0v) is 10.9. The van der Waals surface area contributed by atoms with Crippen molar-refractivity contribution in [1.82, 2.24) is 0 Å². The largest absolute Gasteiger partial charge is 0.0651 e. The van der Waals surface area contributed by atoms with Gasteiger partial charge < -0.3 is 0 Å².